The smallest absolute Gasteiger partial charge is 0.286 e. The summed E-state index contributed by atoms with van der Waals surface area (Å²) in [6.07, 6.45) is 6.32. The van der Waals surface area contributed by atoms with Gasteiger partial charge in [-0.15, -0.1) is 0 Å². The third kappa shape index (κ3) is 5.57. The Morgan fingerprint density at radius 2 is 1.89 bits per heavy atom. The van der Waals surface area contributed by atoms with Gasteiger partial charge >= 0.3 is 0 Å². The molecule has 0 spiro atoms. The van der Waals surface area contributed by atoms with Crippen molar-refractivity contribution < 1.29 is 14.3 Å². The molecule has 0 radical (unpaired) electrons. The van der Waals surface area contributed by atoms with Gasteiger partial charge in [0.2, 0.25) is 0 Å². The second-order valence-electron chi connectivity index (χ2n) is 5.54. The Morgan fingerprint density at radius 3 is 2.59 bits per heavy atom. The Bertz CT molecular complexity index is 904. The van der Waals surface area contributed by atoms with Crippen LogP contribution in [0.2, 0.25) is 0 Å². The van der Waals surface area contributed by atoms with Gasteiger partial charge in [0.25, 0.3) is 11.8 Å². The minimum atomic E-state index is -0.439. The van der Waals surface area contributed by atoms with Gasteiger partial charge in [0.15, 0.2) is 0 Å². The molecule has 0 aliphatic heterocycles. The molecule has 0 saturated carbocycles. The minimum absolute atomic E-state index is 0.362. The predicted octanol–water partition coefficient (Wildman–Crippen LogP) is 2.46. The number of benzene rings is 1. The minimum Gasteiger partial charge on any atom is -0.487 e. The molecule has 7 nitrogen and oxygen atoms in total. The number of nitrogens with zero attached hydrogens (tertiary/aromatic N) is 1. The van der Waals surface area contributed by atoms with Crippen molar-refractivity contribution >= 4 is 17.9 Å². The SMILES string of the molecule is O=C(/C=C/c1ccc(OCc2ccccn2)cc1)NNC(=O)c1ccc[nH]1. The van der Waals surface area contributed by atoms with Gasteiger partial charge in [-0.3, -0.25) is 25.4 Å². The van der Waals surface area contributed by atoms with Crippen LogP contribution < -0.4 is 15.6 Å². The number of H-pyrrole nitrogens is 1. The van der Waals surface area contributed by atoms with Crippen LogP contribution in [0.3, 0.4) is 0 Å². The van der Waals surface area contributed by atoms with Gasteiger partial charge in [0, 0.05) is 18.5 Å². The molecule has 136 valence electrons. The van der Waals surface area contributed by atoms with Crippen LogP contribution in [0.15, 0.2) is 73.1 Å². The maximum Gasteiger partial charge on any atom is 0.286 e. The van der Waals surface area contributed by atoms with Crippen LogP contribution in [-0.4, -0.2) is 21.8 Å². The zero-order valence-electron chi connectivity index (χ0n) is 14.4. The Morgan fingerprint density at radius 1 is 1.04 bits per heavy atom. The number of carbonyl (C=O) groups is 2. The van der Waals surface area contributed by atoms with Crippen LogP contribution in [-0.2, 0) is 11.4 Å². The van der Waals surface area contributed by atoms with Crippen molar-refractivity contribution in [1.82, 2.24) is 20.8 Å². The van der Waals surface area contributed by atoms with E-state index in [0.717, 1.165) is 11.3 Å². The molecule has 0 aliphatic carbocycles. The van der Waals surface area contributed by atoms with Gasteiger partial charge in [-0.2, -0.15) is 0 Å². The summed E-state index contributed by atoms with van der Waals surface area (Å²) in [5.74, 6) is -0.151. The maximum atomic E-state index is 11.8. The number of pyridine rings is 1. The molecule has 0 aliphatic rings. The average molecular weight is 362 g/mol. The van der Waals surface area contributed by atoms with Crippen molar-refractivity contribution in [1.29, 1.82) is 0 Å². The van der Waals surface area contributed by atoms with Gasteiger partial charge in [-0.1, -0.05) is 18.2 Å². The van der Waals surface area contributed by atoms with Crippen molar-refractivity contribution in [2.24, 2.45) is 0 Å². The first-order valence-electron chi connectivity index (χ1n) is 8.25. The summed E-state index contributed by atoms with van der Waals surface area (Å²) in [6, 6.07) is 16.2. The van der Waals surface area contributed by atoms with Crippen LogP contribution in [0, 0.1) is 0 Å². The molecule has 2 amide bonds. The number of amides is 2. The van der Waals surface area contributed by atoms with E-state index in [1.54, 1.807) is 30.6 Å². The molecule has 2 heterocycles. The van der Waals surface area contributed by atoms with Gasteiger partial charge < -0.3 is 9.72 Å². The largest absolute Gasteiger partial charge is 0.487 e. The monoisotopic (exact) mass is 362 g/mol. The molecular weight excluding hydrogens is 344 g/mol. The lowest BCUT2D eigenvalue weighted by molar-refractivity contribution is -0.117. The number of hydrogen-bond donors (Lipinski definition) is 3. The molecule has 0 unspecified atom stereocenters. The van der Waals surface area contributed by atoms with Crippen molar-refractivity contribution in [3.05, 3.63) is 90.0 Å². The molecule has 1 aromatic carbocycles. The highest BCUT2D eigenvalue weighted by atomic mass is 16.5. The molecule has 2 aromatic heterocycles. The molecule has 7 heteroatoms. The third-order valence-corrected chi connectivity index (χ3v) is 3.56. The summed E-state index contributed by atoms with van der Waals surface area (Å²) in [6.45, 7) is 0.388. The molecule has 3 N–H and O–H groups in total. The molecule has 0 fully saturated rings. The second-order valence-corrected chi connectivity index (χ2v) is 5.54. The first kappa shape index (κ1) is 17.9. The van der Waals surface area contributed by atoms with Gasteiger partial charge in [-0.05, 0) is 48.0 Å². The summed E-state index contributed by atoms with van der Waals surface area (Å²) >= 11 is 0. The van der Waals surface area contributed by atoms with Crippen LogP contribution >= 0.6 is 0 Å². The Balaban J connectivity index is 1.45. The van der Waals surface area contributed by atoms with E-state index < -0.39 is 11.8 Å². The van der Waals surface area contributed by atoms with Crippen LogP contribution in [0.25, 0.3) is 6.08 Å². The normalized spacial score (nSPS) is 10.5. The van der Waals surface area contributed by atoms with E-state index in [9.17, 15) is 9.59 Å². The summed E-state index contributed by atoms with van der Waals surface area (Å²) in [5, 5.41) is 0. The number of aromatic nitrogens is 2. The zero-order valence-corrected chi connectivity index (χ0v) is 14.4. The fourth-order valence-electron chi connectivity index (χ4n) is 2.19. The Hall–Kier alpha value is -3.87. The molecule has 27 heavy (non-hydrogen) atoms. The highest BCUT2D eigenvalue weighted by Crippen LogP contribution is 2.14. The summed E-state index contributed by atoms with van der Waals surface area (Å²) in [5.41, 5.74) is 6.66. The van der Waals surface area contributed by atoms with Crippen molar-refractivity contribution in [2.45, 2.75) is 6.61 Å². The number of carbonyl (C=O) groups excluding carboxylic acids is 2. The van der Waals surface area contributed by atoms with Crippen LogP contribution in [0.4, 0.5) is 0 Å². The lowest BCUT2D eigenvalue weighted by Crippen LogP contribution is -2.40. The number of aromatic amines is 1. The van der Waals surface area contributed by atoms with Crippen LogP contribution in [0.1, 0.15) is 21.7 Å². The zero-order chi connectivity index (χ0) is 18.9. The summed E-state index contributed by atoms with van der Waals surface area (Å²) in [4.78, 5) is 30.4. The molecule has 3 rings (SSSR count). The number of hydrazine groups is 1. The quantitative estimate of drug-likeness (QED) is 0.464. The van der Waals surface area contributed by atoms with Crippen molar-refractivity contribution in [2.75, 3.05) is 0 Å². The molecule has 0 atom stereocenters. The molecule has 3 aromatic rings. The third-order valence-electron chi connectivity index (χ3n) is 3.56. The topological polar surface area (TPSA) is 96.1 Å². The fraction of sp³-hybridized carbons (Fsp3) is 0.0500. The van der Waals surface area contributed by atoms with E-state index in [1.165, 1.54) is 6.08 Å². The highest BCUT2D eigenvalue weighted by Gasteiger charge is 2.05. The molecule has 0 saturated heterocycles. The number of nitrogens with one attached hydrogen (secondary N) is 3. The van der Waals surface area contributed by atoms with E-state index in [0.29, 0.717) is 18.1 Å². The second kappa shape index (κ2) is 9.00. The first-order chi connectivity index (χ1) is 13.2. The molecule has 0 bridgehead atoms. The van der Waals surface area contributed by atoms with E-state index in [-0.39, 0.29) is 0 Å². The van der Waals surface area contributed by atoms with Gasteiger partial charge in [0.1, 0.15) is 18.1 Å². The van der Waals surface area contributed by atoms with E-state index in [2.05, 4.69) is 20.8 Å². The van der Waals surface area contributed by atoms with E-state index in [4.69, 9.17) is 4.74 Å². The van der Waals surface area contributed by atoms with Gasteiger partial charge in [-0.25, -0.2) is 0 Å². The lowest BCUT2D eigenvalue weighted by Gasteiger charge is -2.06. The average Bonchev–Trinajstić information content (AvgIpc) is 3.25. The summed E-state index contributed by atoms with van der Waals surface area (Å²) < 4.78 is 5.66. The van der Waals surface area contributed by atoms with Crippen LogP contribution in [0.5, 0.6) is 5.75 Å². The Kier molecular flexibility index (Phi) is 5.98. The number of ether oxygens (including phenoxy) is 1. The Labute approximate surface area is 156 Å². The number of hydrogen-bond acceptors (Lipinski definition) is 4. The van der Waals surface area contributed by atoms with Crippen molar-refractivity contribution in [3.8, 4) is 5.75 Å². The van der Waals surface area contributed by atoms with E-state index in [1.807, 2.05) is 42.5 Å². The fourth-order valence-corrected chi connectivity index (χ4v) is 2.19. The maximum absolute atomic E-state index is 11.8. The van der Waals surface area contributed by atoms with Crippen molar-refractivity contribution in [3.63, 3.8) is 0 Å². The number of rotatable bonds is 6. The lowest BCUT2D eigenvalue weighted by atomic mass is 10.2. The summed E-state index contributed by atoms with van der Waals surface area (Å²) in [7, 11) is 0. The van der Waals surface area contributed by atoms with Gasteiger partial charge in [0.05, 0.1) is 5.69 Å². The first-order valence-corrected chi connectivity index (χ1v) is 8.25. The van der Waals surface area contributed by atoms with E-state index >= 15 is 0 Å². The standard InChI is InChI=1S/C20H18N4O3/c25-19(23-24-20(26)18-5-3-13-22-18)11-8-15-6-9-17(10-7-15)27-14-16-4-1-2-12-21-16/h1-13,22H,14H2,(H,23,25)(H,24,26)/b11-8+. The highest BCUT2D eigenvalue weighted by molar-refractivity contribution is 5.96. The molecular formula is C20H18N4O3. The predicted molar refractivity (Wildman–Crippen MR) is 100 cm³/mol.